The minimum atomic E-state index is -1.09. The standard InChI is InChI=1S/C11H13NO5/c1-16-10(13)4-5-17-7-2-3-8(11(14)15)9(12)6-7/h2-3,6H,4-5,12H2,1H3,(H,14,15). The van der Waals surface area contributed by atoms with E-state index < -0.39 is 5.97 Å². The van der Waals surface area contributed by atoms with Gasteiger partial charge in [-0.3, -0.25) is 4.79 Å². The lowest BCUT2D eigenvalue weighted by atomic mass is 10.2. The van der Waals surface area contributed by atoms with Crippen molar-refractivity contribution in [2.75, 3.05) is 19.5 Å². The summed E-state index contributed by atoms with van der Waals surface area (Å²) in [6.07, 6.45) is 0.122. The highest BCUT2D eigenvalue weighted by molar-refractivity contribution is 5.93. The van der Waals surface area contributed by atoms with Gasteiger partial charge in [-0.15, -0.1) is 0 Å². The molecule has 6 nitrogen and oxygen atoms in total. The molecule has 0 aliphatic carbocycles. The van der Waals surface area contributed by atoms with Crippen LogP contribution in [0.25, 0.3) is 0 Å². The molecule has 0 saturated heterocycles. The number of esters is 1. The summed E-state index contributed by atoms with van der Waals surface area (Å²) in [5.74, 6) is -1.06. The van der Waals surface area contributed by atoms with Gasteiger partial charge in [0.2, 0.25) is 0 Å². The van der Waals surface area contributed by atoms with E-state index in [2.05, 4.69) is 4.74 Å². The fraction of sp³-hybridized carbons (Fsp3) is 0.273. The van der Waals surface area contributed by atoms with Crippen LogP contribution in [0.3, 0.4) is 0 Å². The summed E-state index contributed by atoms with van der Waals surface area (Å²) in [7, 11) is 1.29. The molecule has 0 aliphatic heterocycles. The van der Waals surface area contributed by atoms with Crippen LogP contribution in [0.5, 0.6) is 5.75 Å². The Kier molecular flexibility index (Phi) is 4.33. The smallest absolute Gasteiger partial charge is 0.337 e. The van der Waals surface area contributed by atoms with E-state index in [0.717, 1.165) is 0 Å². The van der Waals surface area contributed by atoms with Gasteiger partial charge in [-0.2, -0.15) is 0 Å². The van der Waals surface area contributed by atoms with Gasteiger partial charge in [-0.1, -0.05) is 0 Å². The zero-order chi connectivity index (χ0) is 12.8. The molecule has 1 aromatic carbocycles. The second-order valence-corrected chi connectivity index (χ2v) is 3.23. The van der Waals surface area contributed by atoms with Gasteiger partial charge in [-0.05, 0) is 12.1 Å². The molecule has 0 saturated carbocycles. The fourth-order valence-corrected chi connectivity index (χ4v) is 1.18. The Morgan fingerprint density at radius 3 is 2.65 bits per heavy atom. The first kappa shape index (κ1) is 12.8. The SMILES string of the molecule is COC(=O)CCOc1ccc(C(=O)O)c(N)c1. The molecule has 1 rings (SSSR count). The Labute approximate surface area is 97.9 Å². The number of methoxy groups -OCH3 is 1. The Morgan fingerprint density at radius 1 is 1.41 bits per heavy atom. The third-order valence-corrected chi connectivity index (χ3v) is 2.06. The number of carboxylic acids is 1. The lowest BCUT2D eigenvalue weighted by Crippen LogP contribution is -2.08. The molecule has 0 unspecified atom stereocenters. The molecule has 92 valence electrons. The van der Waals surface area contributed by atoms with E-state index in [1.807, 2.05) is 0 Å². The number of ether oxygens (including phenoxy) is 2. The van der Waals surface area contributed by atoms with Crippen molar-refractivity contribution in [2.45, 2.75) is 6.42 Å². The van der Waals surface area contributed by atoms with E-state index >= 15 is 0 Å². The molecule has 0 fully saturated rings. The van der Waals surface area contributed by atoms with Gasteiger partial charge in [0.1, 0.15) is 5.75 Å². The molecule has 0 atom stereocenters. The lowest BCUT2D eigenvalue weighted by Gasteiger charge is -2.07. The Morgan fingerprint density at radius 2 is 2.12 bits per heavy atom. The average molecular weight is 239 g/mol. The van der Waals surface area contributed by atoms with Crippen LogP contribution in [0.15, 0.2) is 18.2 Å². The summed E-state index contributed by atoms with van der Waals surface area (Å²) in [6, 6.07) is 4.24. The molecule has 0 spiro atoms. The summed E-state index contributed by atoms with van der Waals surface area (Å²) in [4.78, 5) is 21.5. The van der Waals surface area contributed by atoms with Gasteiger partial charge in [0.25, 0.3) is 0 Å². The average Bonchev–Trinajstić information content (AvgIpc) is 2.28. The van der Waals surface area contributed by atoms with Gasteiger partial charge in [0.05, 0.1) is 25.7 Å². The van der Waals surface area contributed by atoms with Crippen molar-refractivity contribution in [3.63, 3.8) is 0 Å². The third-order valence-electron chi connectivity index (χ3n) is 2.06. The molecular formula is C11H13NO5. The number of anilines is 1. The summed E-state index contributed by atoms with van der Waals surface area (Å²) in [5.41, 5.74) is 5.66. The second kappa shape index (κ2) is 5.74. The normalized spacial score (nSPS) is 9.71. The van der Waals surface area contributed by atoms with Crippen LogP contribution in [0.4, 0.5) is 5.69 Å². The van der Waals surface area contributed by atoms with Crippen LogP contribution < -0.4 is 10.5 Å². The lowest BCUT2D eigenvalue weighted by molar-refractivity contribution is -0.141. The Bertz CT molecular complexity index is 430. The van der Waals surface area contributed by atoms with Crippen molar-refractivity contribution in [3.05, 3.63) is 23.8 Å². The summed E-state index contributed by atoms with van der Waals surface area (Å²) >= 11 is 0. The fourth-order valence-electron chi connectivity index (χ4n) is 1.18. The van der Waals surface area contributed by atoms with E-state index in [9.17, 15) is 9.59 Å². The van der Waals surface area contributed by atoms with Gasteiger partial charge < -0.3 is 20.3 Å². The van der Waals surface area contributed by atoms with Gasteiger partial charge in [0.15, 0.2) is 0 Å². The van der Waals surface area contributed by atoms with E-state index in [0.29, 0.717) is 5.75 Å². The highest BCUT2D eigenvalue weighted by Gasteiger charge is 2.08. The zero-order valence-corrected chi connectivity index (χ0v) is 9.30. The van der Waals surface area contributed by atoms with E-state index in [1.165, 1.54) is 25.3 Å². The largest absolute Gasteiger partial charge is 0.493 e. The van der Waals surface area contributed by atoms with E-state index in [1.54, 1.807) is 0 Å². The third kappa shape index (κ3) is 3.67. The van der Waals surface area contributed by atoms with E-state index in [4.69, 9.17) is 15.6 Å². The van der Waals surface area contributed by atoms with Crippen LogP contribution in [-0.2, 0) is 9.53 Å². The first-order valence-corrected chi connectivity index (χ1v) is 4.87. The minimum absolute atomic E-state index is 0.0188. The molecule has 0 heterocycles. The van der Waals surface area contributed by atoms with Crippen molar-refractivity contribution < 1.29 is 24.2 Å². The van der Waals surface area contributed by atoms with Crippen molar-refractivity contribution >= 4 is 17.6 Å². The van der Waals surface area contributed by atoms with Crippen molar-refractivity contribution in [2.24, 2.45) is 0 Å². The number of nitrogen functional groups attached to an aromatic ring is 1. The number of carboxylic acid groups (broad SMARTS) is 1. The number of carbonyl (C=O) groups excluding carboxylic acids is 1. The molecular weight excluding hydrogens is 226 g/mol. The minimum Gasteiger partial charge on any atom is -0.493 e. The summed E-state index contributed by atoms with van der Waals surface area (Å²) in [6.45, 7) is 0.151. The molecule has 0 aromatic heterocycles. The Balaban J connectivity index is 2.59. The highest BCUT2D eigenvalue weighted by Crippen LogP contribution is 2.20. The van der Waals surface area contributed by atoms with Crippen LogP contribution in [0, 0.1) is 0 Å². The second-order valence-electron chi connectivity index (χ2n) is 3.23. The predicted octanol–water partition coefficient (Wildman–Crippen LogP) is 0.909. The van der Waals surface area contributed by atoms with Crippen molar-refractivity contribution in [1.29, 1.82) is 0 Å². The number of hydrogen-bond acceptors (Lipinski definition) is 5. The number of nitrogens with two attached hydrogens (primary N) is 1. The van der Waals surface area contributed by atoms with Gasteiger partial charge in [-0.25, -0.2) is 4.79 Å². The molecule has 0 amide bonds. The number of carbonyl (C=O) groups is 2. The zero-order valence-electron chi connectivity index (χ0n) is 9.30. The molecule has 0 radical (unpaired) electrons. The van der Waals surface area contributed by atoms with Crippen LogP contribution >= 0.6 is 0 Å². The molecule has 6 heteroatoms. The van der Waals surface area contributed by atoms with Crippen molar-refractivity contribution in [3.8, 4) is 5.75 Å². The number of benzene rings is 1. The van der Waals surface area contributed by atoms with Crippen LogP contribution in [-0.4, -0.2) is 30.8 Å². The molecule has 17 heavy (non-hydrogen) atoms. The number of hydrogen-bond donors (Lipinski definition) is 2. The number of aromatic carboxylic acids is 1. The monoisotopic (exact) mass is 239 g/mol. The maximum atomic E-state index is 10.8. The summed E-state index contributed by atoms with van der Waals surface area (Å²) < 4.78 is 9.66. The van der Waals surface area contributed by atoms with Crippen LogP contribution in [0.2, 0.25) is 0 Å². The first-order chi connectivity index (χ1) is 8.04. The molecule has 0 bridgehead atoms. The molecule has 1 aromatic rings. The Hall–Kier alpha value is -2.24. The van der Waals surface area contributed by atoms with Crippen LogP contribution in [0.1, 0.15) is 16.8 Å². The predicted molar refractivity (Wildman–Crippen MR) is 59.9 cm³/mol. The first-order valence-electron chi connectivity index (χ1n) is 4.87. The maximum absolute atomic E-state index is 10.8. The molecule has 0 aliphatic rings. The van der Waals surface area contributed by atoms with Gasteiger partial charge >= 0.3 is 11.9 Å². The van der Waals surface area contributed by atoms with Gasteiger partial charge in [0, 0.05) is 11.8 Å². The van der Waals surface area contributed by atoms with E-state index in [-0.39, 0.29) is 30.2 Å². The summed E-state index contributed by atoms with van der Waals surface area (Å²) in [5, 5.41) is 8.76. The highest BCUT2D eigenvalue weighted by atomic mass is 16.5. The quantitative estimate of drug-likeness (QED) is 0.585. The topological polar surface area (TPSA) is 98.8 Å². The number of rotatable bonds is 5. The maximum Gasteiger partial charge on any atom is 0.337 e. The molecule has 3 N–H and O–H groups in total. The van der Waals surface area contributed by atoms with Crippen molar-refractivity contribution in [1.82, 2.24) is 0 Å².